The summed E-state index contributed by atoms with van der Waals surface area (Å²) < 4.78 is 33.6. The lowest BCUT2D eigenvalue weighted by Crippen LogP contribution is -2.14. The highest BCUT2D eigenvalue weighted by molar-refractivity contribution is 5.33. The summed E-state index contributed by atoms with van der Waals surface area (Å²) in [5, 5.41) is 0. The molecule has 0 N–H and O–H groups in total. The van der Waals surface area contributed by atoms with Gasteiger partial charge in [0.1, 0.15) is 0 Å². The molecule has 1 heterocycles. The molecule has 0 radical (unpaired) electrons. The molecule has 0 saturated carbocycles. The lowest BCUT2D eigenvalue weighted by atomic mass is 10.3. The molecule has 13 heavy (non-hydrogen) atoms. The standard InChI is InChI=1S/C9H6F2O2/c10-9(11)12-7-5-3-1-2-4-6-8(7)13-9/h1-6H/b2-1?,3-1-,4-2+,5-3?,6-4?,7-5-,8-6+. The summed E-state index contributed by atoms with van der Waals surface area (Å²) in [5.41, 5.74) is 0. The highest BCUT2D eigenvalue weighted by Gasteiger charge is 2.45. The molecule has 0 bridgehead atoms. The number of rotatable bonds is 0. The van der Waals surface area contributed by atoms with Crippen molar-refractivity contribution in [1.82, 2.24) is 0 Å². The van der Waals surface area contributed by atoms with Gasteiger partial charge >= 0.3 is 6.29 Å². The molecule has 1 fully saturated rings. The van der Waals surface area contributed by atoms with Crippen molar-refractivity contribution in [3.05, 3.63) is 48.0 Å². The van der Waals surface area contributed by atoms with Crippen LogP contribution in [-0.4, -0.2) is 6.29 Å². The Labute approximate surface area is 73.4 Å². The number of halogens is 2. The predicted molar refractivity (Wildman–Crippen MR) is 41.6 cm³/mol. The second-order valence-corrected chi connectivity index (χ2v) is 2.50. The third kappa shape index (κ3) is 1.61. The lowest BCUT2D eigenvalue weighted by molar-refractivity contribution is -0.326. The molecular weight excluding hydrogens is 178 g/mol. The third-order valence-corrected chi connectivity index (χ3v) is 1.53. The lowest BCUT2D eigenvalue weighted by Gasteiger charge is -2.03. The van der Waals surface area contributed by atoms with Gasteiger partial charge in [0.05, 0.1) is 0 Å². The van der Waals surface area contributed by atoms with Gasteiger partial charge < -0.3 is 9.47 Å². The number of allylic oxidation sites excluding steroid dienone is 6. The molecule has 0 aromatic carbocycles. The Balaban J connectivity index is 2.35. The zero-order valence-electron chi connectivity index (χ0n) is 6.54. The fourth-order valence-corrected chi connectivity index (χ4v) is 1.02. The Bertz CT molecular complexity index is 306. The number of ether oxygens (including phenoxy) is 2. The van der Waals surface area contributed by atoms with Crippen LogP contribution in [0.1, 0.15) is 0 Å². The number of hydrogen-bond donors (Lipinski definition) is 0. The highest BCUT2D eigenvalue weighted by Crippen LogP contribution is 2.36. The highest BCUT2D eigenvalue weighted by atomic mass is 19.3. The van der Waals surface area contributed by atoms with E-state index >= 15 is 0 Å². The van der Waals surface area contributed by atoms with Gasteiger partial charge in [-0.1, -0.05) is 24.3 Å². The quantitative estimate of drug-likeness (QED) is 0.575. The Hall–Kier alpha value is -1.58. The molecular formula is C9H6F2O2. The van der Waals surface area contributed by atoms with Gasteiger partial charge in [-0.15, -0.1) is 8.78 Å². The van der Waals surface area contributed by atoms with Gasteiger partial charge in [0, 0.05) is 0 Å². The molecule has 2 nitrogen and oxygen atoms in total. The van der Waals surface area contributed by atoms with Crippen molar-refractivity contribution in [3.63, 3.8) is 0 Å². The maximum atomic E-state index is 12.5. The predicted octanol–water partition coefficient (Wildman–Crippen LogP) is 2.48. The normalized spacial score (nSPS) is 36.2. The van der Waals surface area contributed by atoms with Crippen molar-refractivity contribution in [3.8, 4) is 0 Å². The molecule has 0 aromatic rings. The molecule has 4 heteroatoms. The van der Waals surface area contributed by atoms with E-state index in [9.17, 15) is 8.78 Å². The first-order valence-electron chi connectivity index (χ1n) is 3.69. The van der Waals surface area contributed by atoms with Crippen molar-refractivity contribution in [1.29, 1.82) is 0 Å². The third-order valence-electron chi connectivity index (χ3n) is 1.53. The summed E-state index contributed by atoms with van der Waals surface area (Å²) >= 11 is 0. The molecule has 1 saturated heterocycles. The Morgan fingerprint density at radius 2 is 1.31 bits per heavy atom. The van der Waals surface area contributed by atoms with Gasteiger partial charge in [-0.2, -0.15) is 0 Å². The largest absolute Gasteiger partial charge is 0.586 e. The average Bonchev–Trinajstić information content (AvgIpc) is 2.27. The second-order valence-electron chi connectivity index (χ2n) is 2.50. The zero-order valence-corrected chi connectivity index (χ0v) is 6.54. The van der Waals surface area contributed by atoms with Crippen LogP contribution in [0.15, 0.2) is 48.0 Å². The van der Waals surface area contributed by atoms with Gasteiger partial charge in [-0.05, 0) is 12.2 Å². The monoisotopic (exact) mass is 184 g/mol. The van der Waals surface area contributed by atoms with Gasteiger partial charge in [0.25, 0.3) is 0 Å². The minimum Gasteiger partial charge on any atom is -0.395 e. The second kappa shape index (κ2) is 2.73. The first kappa shape index (κ1) is 8.04. The van der Waals surface area contributed by atoms with E-state index in [1.165, 1.54) is 12.2 Å². The number of hydrogen-bond acceptors (Lipinski definition) is 2. The summed E-state index contributed by atoms with van der Waals surface area (Å²) in [5.74, 6) is 0.0937. The van der Waals surface area contributed by atoms with E-state index in [0.29, 0.717) is 0 Å². The van der Waals surface area contributed by atoms with Crippen molar-refractivity contribution in [2.75, 3.05) is 0 Å². The molecule has 0 amide bonds. The molecule has 1 aliphatic heterocycles. The number of fused-ring (bicyclic) bond motifs is 1. The van der Waals surface area contributed by atoms with Crippen LogP contribution in [0.4, 0.5) is 8.78 Å². The summed E-state index contributed by atoms with van der Waals surface area (Å²) in [6, 6.07) is 0. The van der Waals surface area contributed by atoms with Crippen molar-refractivity contribution < 1.29 is 18.3 Å². The topological polar surface area (TPSA) is 18.5 Å². The zero-order chi connectivity index (χ0) is 9.31. The molecule has 68 valence electrons. The van der Waals surface area contributed by atoms with E-state index in [0.717, 1.165) is 0 Å². The SMILES string of the molecule is FC1(F)OC2=C\C=C/C=C/C=C\2O1. The van der Waals surface area contributed by atoms with Gasteiger partial charge in [-0.3, -0.25) is 0 Å². The van der Waals surface area contributed by atoms with Gasteiger partial charge in [-0.25, -0.2) is 0 Å². The van der Waals surface area contributed by atoms with Crippen LogP contribution in [0.25, 0.3) is 0 Å². The van der Waals surface area contributed by atoms with Crippen LogP contribution in [0.2, 0.25) is 0 Å². The first-order valence-corrected chi connectivity index (χ1v) is 3.69. The minimum absolute atomic E-state index is 0.0469. The first-order chi connectivity index (χ1) is 6.17. The van der Waals surface area contributed by atoms with Crippen molar-refractivity contribution in [2.45, 2.75) is 6.29 Å². The minimum atomic E-state index is -3.54. The van der Waals surface area contributed by atoms with E-state index in [-0.39, 0.29) is 11.5 Å². The Morgan fingerprint density at radius 1 is 0.846 bits per heavy atom. The molecule has 0 spiro atoms. The van der Waals surface area contributed by atoms with Crippen LogP contribution in [0, 0.1) is 0 Å². The van der Waals surface area contributed by atoms with E-state index in [1.54, 1.807) is 24.3 Å². The van der Waals surface area contributed by atoms with Crippen molar-refractivity contribution >= 4 is 0 Å². The maximum Gasteiger partial charge on any atom is 0.586 e. The maximum absolute atomic E-state index is 12.5. The fraction of sp³-hybridized carbons (Fsp3) is 0.111. The van der Waals surface area contributed by atoms with Crippen LogP contribution in [-0.2, 0) is 9.47 Å². The smallest absolute Gasteiger partial charge is 0.395 e. The van der Waals surface area contributed by atoms with E-state index in [2.05, 4.69) is 9.47 Å². The van der Waals surface area contributed by atoms with E-state index in [4.69, 9.17) is 0 Å². The van der Waals surface area contributed by atoms with Crippen molar-refractivity contribution in [2.24, 2.45) is 0 Å². The van der Waals surface area contributed by atoms with E-state index < -0.39 is 6.29 Å². The summed E-state index contributed by atoms with van der Waals surface area (Å²) in [4.78, 5) is 0. The molecule has 0 unspecified atom stereocenters. The summed E-state index contributed by atoms with van der Waals surface area (Å²) in [7, 11) is 0. The molecule has 2 rings (SSSR count). The fourth-order valence-electron chi connectivity index (χ4n) is 1.02. The van der Waals surface area contributed by atoms with Crippen LogP contribution < -0.4 is 0 Å². The average molecular weight is 184 g/mol. The number of alkyl halides is 2. The van der Waals surface area contributed by atoms with Gasteiger partial charge in [0.15, 0.2) is 11.5 Å². The van der Waals surface area contributed by atoms with E-state index in [1.807, 2.05) is 0 Å². The van der Waals surface area contributed by atoms with Crippen LogP contribution in [0.5, 0.6) is 0 Å². The molecule has 0 atom stereocenters. The molecule has 1 aliphatic carbocycles. The molecule has 0 aromatic heterocycles. The van der Waals surface area contributed by atoms with Gasteiger partial charge in [0.2, 0.25) is 0 Å². The molecule has 2 aliphatic rings. The summed E-state index contributed by atoms with van der Waals surface area (Å²) in [6.07, 6.45) is 5.93. The van der Waals surface area contributed by atoms with Crippen LogP contribution in [0.3, 0.4) is 0 Å². The Morgan fingerprint density at radius 3 is 1.77 bits per heavy atom. The van der Waals surface area contributed by atoms with Crippen LogP contribution >= 0.6 is 0 Å². The summed E-state index contributed by atoms with van der Waals surface area (Å²) in [6.45, 7) is 0. The Kier molecular flexibility index (Phi) is 1.69.